The topological polar surface area (TPSA) is 114 Å². The number of aromatic amines is 2. The first-order valence-corrected chi connectivity index (χ1v) is 12.9. The van der Waals surface area contributed by atoms with Crippen LogP contribution in [0, 0.1) is 0 Å². The van der Waals surface area contributed by atoms with Crippen molar-refractivity contribution in [1.29, 1.82) is 0 Å². The Bertz CT molecular complexity index is 1620. The van der Waals surface area contributed by atoms with Crippen molar-refractivity contribution in [3.8, 4) is 10.6 Å². The third-order valence-electron chi connectivity index (χ3n) is 6.82. The number of nitrogens with zero attached hydrogens (tertiary/aromatic N) is 5. The van der Waals surface area contributed by atoms with E-state index in [0.717, 1.165) is 59.2 Å². The molecule has 1 unspecified atom stereocenters. The van der Waals surface area contributed by atoms with Gasteiger partial charge in [0, 0.05) is 36.8 Å². The molecule has 5 heterocycles. The van der Waals surface area contributed by atoms with Crippen LogP contribution in [-0.2, 0) is 0 Å². The van der Waals surface area contributed by atoms with Gasteiger partial charge in [-0.15, -0.1) is 11.3 Å². The van der Waals surface area contributed by atoms with E-state index in [1.54, 1.807) is 10.7 Å². The molecule has 36 heavy (non-hydrogen) atoms. The number of H-pyrrole nitrogens is 2. The van der Waals surface area contributed by atoms with Crippen molar-refractivity contribution in [3.05, 3.63) is 56.0 Å². The van der Waals surface area contributed by atoms with Gasteiger partial charge in [-0.05, 0) is 51.6 Å². The highest BCUT2D eigenvalue weighted by Crippen LogP contribution is 2.33. The Labute approximate surface area is 211 Å². The van der Waals surface area contributed by atoms with Crippen molar-refractivity contribution >= 4 is 41.4 Å². The first kappa shape index (κ1) is 22.7. The third-order valence-corrected chi connectivity index (χ3v) is 7.91. The molecule has 2 fully saturated rings. The summed E-state index contributed by atoms with van der Waals surface area (Å²) in [5, 5.41) is 9.19. The number of carbonyl (C=O) groups excluding carboxylic acids is 1. The number of aromatic nitrogens is 5. The second kappa shape index (κ2) is 8.75. The van der Waals surface area contributed by atoms with Crippen molar-refractivity contribution in [2.75, 3.05) is 32.5 Å². The lowest BCUT2D eigenvalue weighted by atomic mass is 10.2. The minimum Gasteiger partial charge on any atom is -0.367 e. The Kier molecular flexibility index (Phi) is 5.53. The van der Waals surface area contributed by atoms with Gasteiger partial charge in [-0.1, -0.05) is 6.58 Å². The minimum atomic E-state index is -0.307. The molecule has 186 valence electrons. The van der Waals surface area contributed by atoms with Crippen LogP contribution >= 0.6 is 11.3 Å². The number of nitrogens with one attached hydrogen (secondary N) is 3. The van der Waals surface area contributed by atoms with E-state index in [4.69, 9.17) is 4.98 Å². The van der Waals surface area contributed by atoms with Gasteiger partial charge < -0.3 is 25.1 Å². The lowest BCUT2D eigenvalue weighted by Crippen LogP contribution is -2.34. The SMILES string of the molecule is C=c1[nH]c(=O)[nH]/c1=C\c1cnn2c(NC3CC3)cc(-c3ccc(C(=O)N4CCC(N(C)C)C4)s3)nc12. The van der Waals surface area contributed by atoms with E-state index in [1.807, 2.05) is 29.2 Å². The van der Waals surface area contributed by atoms with Crippen molar-refractivity contribution < 1.29 is 4.79 Å². The smallest absolute Gasteiger partial charge is 0.323 e. The lowest BCUT2D eigenvalue weighted by Gasteiger charge is -2.20. The van der Waals surface area contributed by atoms with Gasteiger partial charge in [0.2, 0.25) is 0 Å². The molecule has 0 radical (unpaired) electrons. The summed E-state index contributed by atoms with van der Waals surface area (Å²) >= 11 is 1.46. The predicted octanol–water partition coefficient (Wildman–Crippen LogP) is 1.06. The van der Waals surface area contributed by atoms with Crippen LogP contribution in [0.2, 0.25) is 0 Å². The van der Waals surface area contributed by atoms with Crippen molar-refractivity contribution in [2.24, 2.45) is 0 Å². The number of carbonyl (C=O) groups is 1. The molecule has 0 bridgehead atoms. The fourth-order valence-corrected chi connectivity index (χ4v) is 5.49. The maximum atomic E-state index is 13.2. The zero-order chi connectivity index (χ0) is 25.0. The van der Waals surface area contributed by atoms with Crippen LogP contribution in [0.1, 0.15) is 34.5 Å². The van der Waals surface area contributed by atoms with Gasteiger partial charge >= 0.3 is 5.69 Å². The Morgan fingerprint density at radius 2 is 2.11 bits per heavy atom. The average molecular weight is 505 g/mol. The Balaban J connectivity index is 1.38. The van der Waals surface area contributed by atoms with E-state index in [0.29, 0.717) is 28.4 Å². The number of rotatable bonds is 6. The minimum absolute atomic E-state index is 0.0748. The monoisotopic (exact) mass is 504 g/mol. The third kappa shape index (κ3) is 4.24. The van der Waals surface area contributed by atoms with Crippen LogP contribution in [0.3, 0.4) is 0 Å². The van der Waals surface area contributed by atoms with Crippen LogP contribution in [0.25, 0.3) is 28.9 Å². The van der Waals surface area contributed by atoms with Gasteiger partial charge in [0.1, 0.15) is 5.82 Å². The van der Waals surface area contributed by atoms with Crippen LogP contribution in [0.5, 0.6) is 0 Å². The fraction of sp³-hybridized carbons (Fsp3) is 0.360. The van der Waals surface area contributed by atoms with Gasteiger partial charge in [0.05, 0.1) is 32.3 Å². The molecule has 11 heteroatoms. The number of hydrogen-bond acceptors (Lipinski definition) is 7. The second-order valence-corrected chi connectivity index (χ2v) is 10.8. The van der Waals surface area contributed by atoms with Gasteiger partial charge in [-0.2, -0.15) is 9.61 Å². The van der Waals surface area contributed by atoms with Gasteiger partial charge in [0.25, 0.3) is 5.91 Å². The quantitative estimate of drug-likeness (QED) is 0.362. The largest absolute Gasteiger partial charge is 0.367 e. The van der Waals surface area contributed by atoms with E-state index in [2.05, 4.69) is 46.0 Å². The van der Waals surface area contributed by atoms with E-state index in [-0.39, 0.29) is 11.6 Å². The van der Waals surface area contributed by atoms with Gasteiger partial charge in [-0.3, -0.25) is 4.79 Å². The van der Waals surface area contributed by atoms with Crippen molar-refractivity contribution in [1.82, 2.24) is 34.4 Å². The molecule has 3 N–H and O–H groups in total. The molecule has 1 atom stereocenters. The zero-order valence-corrected chi connectivity index (χ0v) is 21.1. The second-order valence-electron chi connectivity index (χ2n) is 9.72. The van der Waals surface area contributed by atoms with E-state index < -0.39 is 0 Å². The molecule has 2 aliphatic rings. The summed E-state index contributed by atoms with van der Waals surface area (Å²) in [6.45, 7) is 5.41. The molecule has 4 aromatic rings. The van der Waals surface area contributed by atoms with Gasteiger partial charge in [0.15, 0.2) is 5.65 Å². The molecule has 0 aromatic carbocycles. The highest BCUT2D eigenvalue weighted by Gasteiger charge is 2.29. The average Bonchev–Trinajstić information content (AvgIpc) is 3.25. The molecular formula is C25H28N8O2S. The maximum absolute atomic E-state index is 13.2. The summed E-state index contributed by atoms with van der Waals surface area (Å²) in [7, 11) is 4.12. The molecule has 0 spiro atoms. The number of hydrogen-bond donors (Lipinski definition) is 3. The molecule has 6 rings (SSSR count). The zero-order valence-electron chi connectivity index (χ0n) is 20.2. The van der Waals surface area contributed by atoms with Crippen LogP contribution < -0.4 is 21.7 Å². The van der Waals surface area contributed by atoms with Gasteiger partial charge in [-0.25, -0.2) is 9.78 Å². The molecule has 1 saturated carbocycles. The summed E-state index contributed by atoms with van der Waals surface area (Å²) in [4.78, 5) is 40.9. The molecule has 1 amide bonds. The molecule has 10 nitrogen and oxygen atoms in total. The normalized spacial score (nSPS) is 18.6. The van der Waals surface area contributed by atoms with Crippen molar-refractivity contribution in [3.63, 3.8) is 0 Å². The van der Waals surface area contributed by atoms with Crippen molar-refractivity contribution in [2.45, 2.75) is 31.3 Å². The summed E-state index contributed by atoms with van der Waals surface area (Å²) in [5.74, 6) is 0.926. The Hall–Kier alpha value is -3.70. The number of anilines is 1. The number of thiophene rings is 1. The number of imidazole rings is 1. The van der Waals surface area contributed by atoms with Crippen LogP contribution in [-0.4, -0.2) is 79.5 Å². The maximum Gasteiger partial charge on any atom is 0.323 e. The molecule has 1 aliphatic carbocycles. The summed E-state index contributed by atoms with van der Waals surface area (Å²) in [5.41, 5.74) is 1.88. The van der Waals surface area contributed by atoms with E-state index >= 15 is 0 Å². The summed E-state index contributed by atoms with van der Waals surface area (Å²) in [6.07, 6.45) is 6.78. The number of amides is 1. The first-order chi connectivity index (χ1) is 17.4. The Morgan fingerprint density at radius 1 is 1.28 bits per heavy atom. The summed E-state index contributed by atoms with van der Waals surface area (Å²) in [6, 6.07) is 6.68. The fourth-order valence-electron chi connectivity index (χ4n) is 4.55. The van der Waals surface area contributed by atoms with Crippen LogP contribution in [0.15, 0.2) is 29.2 Å². The highest BCUT2D eigenvalue weighted by atomic mass is 32.1. The highest BCUT2D eigenvalue weighted by molar-refractivity contribution is 7.17. The van der Waals surface area contributed by atoms with E-state index in [1.165, 1.54) is 11.3 Å². The standard InChI is InChI=1S/C25H28N8O2S/c1-14-18(30-25(35)27-14)10-15-12-26-33-22(28-16-4-5-16)11-19(29-23(15)33)20-6-7-21(36-20)24(34)32-9-8-17(13-32)31(2)3/h6-7,10-12,16-17,28H,1,4-5,8-9,13H2,2-3H3,(H2,27,30,35)/b18-10-. The molecule has 4 aromatic heterocycles. The van der Waals surface area contributed by atoms with Crippen LogP contribution in [0.4, 0.5) is 5.82 Å². The number of fused-ring (bicyclic) bond motifs is 1. The molecule has 1 aliphatic heterocycles. The lowest BCUT2D eigenvalue weighted by molar-refractivity contribution is 0.0788. The van der Waals surface area contributed by atoms with E-state index in [9.17, 15) is 9.59 Å². The Morgan fingerprint density at radius 3 is 2.81 bits per heavy atom. The number of likely N-dealkylation sites (N-methyl/N-ethyl adjacent to an activating group) is 1. The predicted molar refractivity (Wildman–Crippen MR) is 141 cm³/mol. The molecular weight excluding hydrogens is 476 g/mol. The molecule has 1 saturated heterocycles. The summed E-state index contributed by atoms with van der Waals surface area (Å²) < 4.78 is 1.78. The number of likely N-dealkylation sites (tertiary alicyclic amines) is 1. The first-order valence-electron chi connectivity index (χ1n) is 12.1.